The minimum absolute atomic E-state index is 0.322. The third kappa shape index (κ3) is 3.01. The van der Waals surface area contributed by atoms with Gasteiger partial charge in [0.25, 0.3) is 0 Å². The van der Waals surface area contributed by atoms with Gasteiger partial charge in [-0.05, 0) is 24.4 Å². The standard InChI is InChI=1S/C17H23N3O/c1-3-18-11-14-10-13-6-4-5-7-16(13)17(19-14)20-9-8-15(12-20)21-2/h4-7,10,15,18H,3,8-9,11-12H2,1-2H3. The van der Waals surface area contributed by atoms with Crippen molar-refractivity contribution in [1.82, 2.24) is 10.3 Å². The van der Waals surface area contributed by atoms with Crippen LogP contribution in [0.3, 0.4) is 0 Å². The van der Waals surface area contributed by atoms with Crippen LogP contribution in [-0.2, 0) is 11.3 Å². The number of aromatic nitrogens is 1. The molecule has 1 aliphatic rings. The maximum Gasteiger partial charge on any atom is 0.136 e. The van der Waals surface area contributed by atoms with Gasteiger partial charge in [-0.25, -0.2) is 4.98 Å². The molecule has 0 bridgehead atoms. The van der Waals surface area contributed by atoms with E-state index in [0.29, 0.717) is 6.10 Å². The van der Waals surface area contributed by atoms with Crippen LogP contribution < -0.4 is 10.2 Å². The van der Waals surface area contributed by atoms with Crippen molar-refractivity contribution in [3.63, 3.8) is 0 Å². The number of nitrogens with zero attached hydrogens (tertiary/aromatic N) is 2. The zero-order valence-electron chi connectivity index (χ0n) is 12.8. The average Bonchev–Trinajstić information content (AvgIpc) is 3.01. The second kappa shape index (κ2) is 6.41. The molecule has 0 amide bonds. The summed E-state index contributed by atoms with van der Waals surface area (Å²) >= 11 is 0. The van der Waals surface area contributed by atoms with E-state index >= 15 is 0 Å². The van der Waals surface area contributed by atoms with Gasteiger partial charge in [0, 0.05) is 32.1 Å². The number of benzene rings is 1. The molecule has 0 saturated carbocycles. The van der Waals surface area contributed by atoms with Crippen molar-refractivity contribution in [3.05, 3.63) is 36.0 Å². The topological polar surface area (TPSA) is 37.4 Å². The lowest BCUT2D eigenvalue weighted by Crippen LogP contribution is -2.24. The van der Waals surface area contributed by atoms with E-state index in [1.165, 1.54) is 10.8 Å². The number of pyridine rings is 1. The fraction of sp³-hybridized carbons (Fsp3) is 0.471. The molecule has 1 aromatic carbocycles. The Morgan fingerprint density at radius 3 is 3.00 bits per heavy atom. The van der Waals surface area contributed by atoms with Gasteiger partial charge in [-0.3, -0.25) is 0 Å². The first-order valence-electron chi connectivity index (χ1n) is 7.69. The summed E-state index contributed by atoms with van der Waals surface area (Å²) in [7, 11) is 1.79. The normalized spacial score (nSPS) is 18.6. The minimum atomic E-state index is 0.322. The number of hydrogen-bond donors (Lipinski definition) is 1. The number of ether oxygens (including phenoxy) is 1. The molecule has 2 aromatic rings. The minimum Gasteiger partial charge on any atom is -0.380 e. The largest absolute Gasteiger partial charge is 0.380 e. The van der Waals surface area contributed by atoms with E-state index in [1.807, 2.05) is 0 Å². The molecule has 112 valence electrons. The zero-order chi connectivity index (χ0) is 14.7. The Morgan fingerprint density at radius 2 is 2.24 bits per heavy atom. The van der Waals surface area contributed by atoms with Crippen LogP contribution in [0.5, 0.6) is 0 Å². The summed E-state index contributed by atoms with van der Waals surface area (Å²) in [6, 6.07) is 10.7. The quantitative estimate of drug-likeness (QED) is 0.916. The Balaban J connectivity index is 1.98. The summed E-state index contributed by atoms with van der Waals surface area (Å²) in [4.78, 5) is 7.25. The molecule has 0 aliphatic carbocycles. The van der Waals surface area contributed by atoms with Gasteiger partial charge in [0.15, 0.2) is 0 Å². The SMILES string of the molecule is CCNCc1cc2ccccc2c(N2CCC(OC)C2)n1. The van der Waals surface area contributed by atoms with Crippen molar-refractivity contribution in [3.8, 4) is 0 Å². The molecular formula is C17H23N3O. The van der Waals surface area contributed by atoms with Crippen LogP contribution in [0.4, 0.5) is 5.82 Å². The second-order valence-corrected chi connectivity index (χ2v) is 5.53. The summed E-state index contributed by atoms with van der Waals surface area (Å²) in [5.41, 5.74) is 1.10. The predicted octanol–water partition coefficient (Wildman–Crippen LogP) is 2.57. The molecule has 3 rings (SSSR count). The van der Waals surface area contributed by atoms with Gasteiger partial charge in [0.05, 0.1) is 11.8 Å². The monoisotopic (exact) mass is 285 g/mol. The van der Waals surface area contributed by atoms with Crippen molar-refractivity contribution < 1.29 is 4.74 Å². The molecular weight excluding hydrogens is 262 g/mol. The van der Waals surface area contributed by atoms with Crippen LogP contribution in [-0.4, -0.2) is 37.8 Å². The zero-order valence-corrected chi connectivity index (χ0v) is 12.8. The van der Waals surface area contributed by atoms with Gasteiger partial charge in [0.1, 0.15) is 5.82 Å². The van der Waals surface area contributed by atoms with E-state index in [2.05, 4.69) is 47.5 Å². The first-order valence-corrected chi connectivity index (χ1v) is 7.69. The maximum absolute atomic E-state index is 5.49. The van der Waals surface area contributed by atoms with Crippen molar-refractivity contribution in [2.75, 3.05) is 31.6 Å². The van der Waals surface area contributed by atoms with E-state index < -0.39 is 0 Å². The Hall–Kier alpha value is -1.65. The van der Waals surface area contributed by atoms with Crippen LogP contribution in [0.2, 0.25) is 0 Å². The molecule has 4 nitrogen and oxygen atoms in total. The van der Waals surface area contributed by atoms with Gasteiger partial charge in [-0.2, -0.15) is 0 Å². The van der Waals surface area contributed by atoms with Gasteiger partial charge in [-0.1, -0.05) is 31.2 Å². The molecule has 1 aromatic heterocycles. The van der Waals surface area contributed by atoms with Crippen molar-refractivity contribution in [1.29, 1.82) is 0 Å². The Labute approximate surface area is 126 Å². The lowest BCUT2D eigenvalue weighted by molar-refractivity contribution is 0.121. The fourth-order valence-corrected chi connectivity index (χ4v) is 2.93. The number of hydrogen-bond acceptors (Lipinski definition) is 4. The lowest BCUT2D eigenvalue weighted by atomic mass is 10.1. The molecule has 21 heavy (non-hydrogen) atoms. The fourth-order valence-electron chi connectivity index (χ4n) is 2.93. The summed E-state index contributed by atoms with van der Waals surface area (Å²) in [6.07, 6.45) is 1.40. The summed E-state index contributed by atoms with van der Waals surface area (Å²) in [5, 5.41) is 5.85. The third-order valence-corrected chi connectivity index (χ3v) is 4.11. The van der Waals surface area contributed by atoms with E-state index in [4.69, 9.17) is 9.72 Å². The Kier molecular flexibility index (Phi) is 4.36. The Morgan fingerprint density at radius 1 is 1.38 bits per heavy atom. The van der Waals surface area contributed by atoms with Gasteiger partial charge < -0.3 is 15.0 Å². The van der Waals surface area contributed by atoms with E-state index in [0.717, 1.165) is 44.1 Å². The molecule has 1 saturated heterocycles. The van der Waals surface area contributed by atoms with Crippen LogP contribution >= 0.6 is 0 Å². The second-order valence-electron chi connectivity index (χ2n) is 5.53. The highest BCUT2D eigenvalue weighted by Gasteiger charge is 2.24. The van der Waals surface area contributed by atoms with Crippen molar-refractivity contribution >= 4 is 16.6 Å². The van der Waals surface area contributed by atoms with Crippen LogP contribution in [0.1, 0.15) is 19.0 Å². The maximum atomic E-state index is 5.49. The highest BCUT2D eigenvalue weighted by Crippen LogP contribution is 2.28. The molecule has 1 atom stereocenters. The number of rotatable bonds is 5. The Bertz CT molecular complexity index is 614. The molecule has 1 aliphatic heterocycles. The average molecular weight is 285 g/mol. The highest BCUT2D eigenvalue weighted by atomic mass is 16.5. The van der Waals surface area contributed by atoms with Gasteiger partial charge in [-0.15, -0.1) is 0 Å². The third-order valence-electron chi connectivity index (χ3n) is 4.11. The number of fused-ring (bicyclic) bond motifs is 1. The molecule has 0 spiro atoms. The first kappa shape index (κ1) is 14.3. The lowest BCUT2D eigenvalue weighted by Gasteiger charge is -2.20. The molecule has 2 heterocycles. The number of nitrogens with one attached hydrogen (secondary N) is 1. The summed E-state index contributed by atoms with van der Waals surface area (Å²) in [6.45, 7) is 5.83. The van der Waals surface area contributed by atoms with Crippen LogP contribution in [0.25, 0.3) is 10.8 Å². The molecule has 1 N–H and O–H groups in total. The van der Waals surface area contributed by atoms with Gasteiger partial charge in [0.2, 0.25) is 0 Å². The molecule has 1 fully saturated rings. The molecule has 4 heteroatoms. The molecule has 0 radical (unpaired) electrons. The molecule has 1 unspecified atom stereocenters. The summed E-state index contributed by atoms with van der Waals surface area (Å²) in [5.74, 6) is 1.10. The number of methoxy groups -OCH3 is 1. The smallest absolute Gasteiger partial charge is 0.136 e. The first-order chi connectivity index (χ1) is 10.3. The number of anilines is 1. The van der Waals surface area contributed by atoms with Crippen molar-refractivity contribution in [2.24, 2.45) is 0 Å². The van der Waals surface area contributed by atoms with E-state index in [-0.39, 0.29) is 0 Å². The van der Waals surface area contributed by atoms with E-state index in [9.17, 15) is 0 Å². The van der Waals surface area contributed by atoms with Crippen LogP contribution in [0, 0.1) is 0 Å². The predicted molar refractivity (Wildman–Crippen MR) is 86.8 cm³/mol. The van der Waals surface area contributed by atoms with E-state index in [1.54, 1.807) is 7.11 Å². The highest BCUT2D eigenvalue weighted by molar-refractivity contribution is 5.92. The summed E-state index contributed by atoms with van der Waals surface area (Å²) < 4.78 is 5.49. The van der Waals surface area contributed by atoms with Crippen molar-refractivity contribution in [2.45, 2.75) is 26.0 Å². The van der Waals surface area contributed by atoms with Gasteiger partial charge >= 0.3 is 0 Å². The van der Waals surface area contributed by atoms with Crippen LogP contribution in [0.15, 0.2) is 30.3 Å².